The summed E-state index contributed by atoms with van der Waals surface area (Å²) in [5.74, 6) is -2.11. The van der Waals surface area contributed by atoms with Gasteiger partial charge in [-0.15, -0.1) is 0 Å². The van der Waals surface area contributed by atoms with Crippen molar-refractivity contribution in [3.63, 3.8) is 0 Å². The molecule has 0 aromatic heterocycles. The van der Waals surface area contributed by atoms with Gasteiger partial charge >= 0.3 is 35.5 Å². The molecular weight excluding hydrogens is 207 g/mol. The van der Waals surface area contributed by atoms with Crippen LogP contribution in [0.3, 0.4) is 0 Å². The number of carboxylic acid groups (broad SMARTS) is 1. The minimum Gasteiger partial charge on any atom is -0.550 e. The first-order valence-corrected chi connectivity index (χ1v) is 4.95. The molecule has 0 bridgehead atoms. The van der Waals surface area contributed by atoms with Crippen LogP contribution in [0.2, 0.25) is 0 Å². The van der Waals surface area contributed by atoms with Crippen molar-refractivity contribution in [2.75, 3.05) is 0 Å². The van der Waals surface area contributed by atoms with E-state index in [0.717, 1.165) is 25.7 Å². The Hall–Kier alpha value is -0.0600. The van der Waals surface area contributed by atoms with Crippen molar-refractivity contribution in [3.8, 4) is 0 Å². The molecule has 82 valence electrons. The zero-order valence-corrected chi connectivity index (χ0v) is 11.7. The largest absolute Gasteiger partial charge is 1.00 e. The first-order chi connectivity index (χ1) is 6.56. The number of aliphatic carboxylic acids is 1. The van der Waals surface area contributed by atoms with Crippen molar-refractivity contribution in [1.82, 2.24) is 0 Å². The predicted molar refractivity (Wildman–Crippen MR) is 49.3 cm³/mol. The molecule has 0 aliphatic carbocycles. The fraction of sp³-hybridized carbons (Fsp3) is 0.800. The van der Waals surface area contributed by atoms with Gasteiger partial charge in [-0.25, -0.2) is 0 Å². The normalized spacial score (nSPS) is 11.3. The number of esters is 1. The third-order valence-corrected chi connectivity index (χ3v) is 1.84. The quantitative estimate of drug-likeness (QED) is 0.210. The van der Waals surface area contributed by atoms with Gasteiger partial charge < -0.3 is 14.6 Å². The molecule has 0 aliphatic rings. The third-order valence-electron chi connectivity index (χ3n) is 1.84. The van der Waals surface area contributed by atoms with Crippen LogP contribution in [0.1, 0.15) is 46.0 Å². The Morgan fingerprint density at radius 3 is 2.40 bits per heavy atom. The molecule has 0 fully saturated rings. The summed E-state index contributed by atoms with van der Waals surface area (Å²) in [4.78, 5) is 20.9. The summed E-state index contributed by atoms with van der Waals surface area (Å²) in [6.07, 6.45) is 3.14. The third kappa shape index (κ3) is 11.9. The topological polar surface area (TPSA) is 66.4 Å². The van der Waals surface area contributed by atoms with E-state index in [-0.39, 0.29) is 35.7 Å². The maximum absolute atomic E-state index is 10.9. The molecule has 1 unspecified atom stereocenters. The van der Waals surface area contributed by atoms with Crippen molar-refractivity contribution in [2.24, 2.45) is 0 Å². The van der Waals surface area contributed by atoms with Gasteiger partial charge in [0.1, 0.15) is 0 Å². The molecule has 1 atom stereocenters. The van der Waals surface area contributed by atoms with E-state index in [9.17, 15) is 14.7 Å². The van der Waals surface area contributed by atoms with Crippen LogP contribution < -0.4 is 34.7 Å². The Morgan fingerprint density at radius 1 is 1.33 bits per heavy atom. The minimum atomic E-state index is -1.39. The molecular formula is C10H17NaO4. The molecule has 0 aromatic carbocycles. The second-order valence-electron chi connectivity index (χ2n) is 3.35. The first-order valence-electron chi connectivity index (χ1n) is 4.95. The SMILES string of the molecule is CCCCCC(C)OC(=O)CC(=O)[O-].[Na+]. The van der Waals surface area contributed by atoms with Crippen LogP contribution in [0.25, 0.3) is 0 Å². The summed E-state index contributed by atoms with van der Waals surface area (Å²) in [5, 5.41) is 10.0. The van der Waals surface area contributed by atoms with E-state index in [1.165, 1.54) is 0 Å². The summed E-state index contributed by atoms with van der Waals surface area (Å²) in [5.41, 5.74) is 0. The zero-order chi connectivity index (χ0) is 11.0. The number of carbonyl (C=O) groups is 2. The summed E-state index contributed by atoms with van der Waals surface area (Å²) in [6.45, 7) is 3.86. The van der Waals surface area contributed by atoms with Crippen LogP contribution in [-0.2, 0) is 14.3 Å². The zero-order valence-electron chi connectivity index (χ0n) is 9.75. The average molecular weight is 224 g/mol. The van der Waals surface area contributed by atoms with E-state index in [2.05, 4.69) is 6.92 Å². The van der Waals surface area contributed by atoms with Crippen molar-refractivity contribution in [2.45, 2.75) is 52.1 Å². The van der Waals surface area contributed by atoms with Crippen LogP contribution in [-0.4, -0.2) is 18.0 Å². The van der Waals surface area contributed by atoms with E-state index in [4.69, 9.17) is 4.74 Å². The summed E-state index contributed by atoms with van der Waals surface area (Å²) in [7, 11) is 0. The number of carbonyl (C=O) groups excluding carboxylic acids is 2. The van der Waals surface area contributed by atoms with Crippen LogP contribution in [0, 0.1) is 0 Å². The Kier molecular flexibility index (Phi) is 12.1. The Balaban J connectivity index is 0. The number of hydrogen-bond donors (Lipinski definition) is 0. The molecule has 0 heterocycles. The van der Waals surface area contributed by atoms with E-state index < -0.39 is 18.4 Å². The second-order valence-corrected chi connectivity index (χ2v) is 3.35. The molecule has 0 rings (SSSR count). The summed E-state index contributed by atoms with van der Waals surface area (Å²) < 4.78 is 4.85. The second kappa shape index (κ2) is 10.5. The monoisotopic (exact) mass is 224 g/mol. The summed E-state index contributed by atoms with van der Waals surface area (Å²) >= 11 is 0. The fourth-order valence-electron chi connectivity index (χ4n) is 1.12. The smallest absolute Gasteiger partial charge is 0.550 e. The van der Waals surface area contributed by atoms with Gasteiger partial charge in [0.05, 0.1) is 18.5 Å². The fourth-order valence-corrected chi connectivity index (χ4v) is 1.12. The van der Waals surface area contributed by atoms with E-state index in [1.54, 1.807) is 6.92 Å². The van der Waals surface area contributed by atoms with Gasteiger partial charge in [-0.3, -0.25) is 4.79 Å². The van der Waals surface area contributed by atoms with E-state index in [1.807, 2.05) is 0 Å². The molecule has 0 radical (unpaired) electrons. The Bertz CT molecular complexity index is 194. The van der Waals surface area contributed by atoms with Gasteiger partial charge in [0.25, 0.3) is 0 Å². The van der Waals surface area contributed by atoms with Gasteiger partial charge in [0.15, 0.2) is 0 Å². The molecule has 0 amide bonds. The number of carboxylic acids is 1. The average Bonchev–Trinajstić information content (AvgIpc) is 2.02. The standard InChI is InChI=1S/C10H18O4.Na/c1-3-4-5-6-8(2)14-10(13)7-9(11)12;/h8H,3-7H2,1-2H3,(H,11,12);/q;+1/p-1. The molecule has 15 heavy (non-hydrogen) atoms. The van der Waals surface area contributed by atoms with Crippen molar-refractivity contribution < 1.29 is 49.0 Å². The minimum absolute atomic E-state index is 0. The van der Waals surface area contributed by atoms with Crippen LogP contribution >= 0.6 is 0 Å². The molecule has 0 aliphatic heterocycles. The predicted octanol–water partition coefficient (Wildman–Crippen LogP) is -2.36. The van der Waals surface area contributed by atoms with Gasteiger partial charge in [-0.05, 0) is 19.8 Å². The van der Waals surface area contributed by atoms with Crippen molar-refractivity contribution in [1.29, 1.82) is 0 Å². The van der Waals surface area contributed by atoms with Crippen molar-refractivity contribution >= 4 is 11.9 Å². The molecule has 0 N–H and O–H groups in total. The number of rotatable bonds is 7. The van der Waals surface area contributed by atoms with Crippen LogP contribution in [0.4, 0.5) is 0 Å². The van der Waals surface area contributed by atoms with Gasteiger partial charge in [0, 0.05) is 0 Å². The van der Waals surface area contributed by atoms with Crippen molar-refractivity contribution in [3.05, 3.63) is 0 Å². The molecule has 0 aromatic rings. The van der Waals surface area contributed by atoms with Crippen LogP contribution in [0.5, 0.6) is 0 Å². The molecule has 0 saturated carbocycles. The van der Waals surface area contributed by atoms with E-state index in [0.29, 0.717) is 0 Å². The number of hydrogen-bond acceptors (Lipinski definition) is 4. The number of ether oxygens (including phenoxy) is 1. The molecule has 0 saturated heterocycles. The molecule has 5 heteroatoms. The number of unbranched alkanes of at least 4 members (excludes halogenated alkanes) is 2. The maximum atomic E-state index is 10.9. The Morgan fingerprint density at radius 2 is 1.93 bits per heavy atom. The Labute approximate surface area is 113 Å². The summed E-state index contributed by atoms with van der Waals surface area (Å²) in [6, 6.07) is 0. The van der Waals surface area contributed by atoms with Crippen LogP contribution in [0.15, 0.2) is 0 Å². The molecule has 0 spiro atoms. The van der Waals surface area contributed by atoms with Gasteiger partial charge in [-0.1, -0.05) is 19.8 Å². The maximum Gasteiger partial charge on any atom is 1.00 e. The van der Waals surface area contributed by atoms with Gasteiger partial charge in [0.2, 0.25) is 0 Å². The van der Waals surface area contributed by atoms with Gasteiger partial charge in [-0.2, -0.15) is 0 Å². The van der Waals surface area contributed by atoms with E-state index >= 15 is 0 Å². The molecule has 4 nitrogen and oxygen atoms in total. The first kappa shape index (κ1) is 17.3.